The van der Waals surface area contributed by atoms with Crippen LogP contribution >= 0.6 is 11.3 Å². The van der Waals surface area contributed by atoms with Crippen LogP contribution in [0.5, 0.6) is 0 Å². The Morgan fingerprint density at radius 1 is 1.79 bits per heavy atom. The monoisotopic (exact) mass is 214 g/mol. The fraction of sp³-hybridized carbons (Fsp3) is 0.556. The van der Waals surface area contributed by atoms with E-state index >= 15 is 0 Å². The Morgan fingerprint density at radius 3 is 3.14 bits per heavy atom. The van der Waals surface area contributed by atoms with Crippen LogP contribution in [0.3, 0.4) is 0 Å². The Kier molecular flexibility index (Phi) is 4.55. The van der Waals surface area contributed by atoms with Crippen molar-refractivity contribution in [3.63, 3.8) is 0 Å². The van der Waals surface area contributed by atoms with E-state index in [2.05, 4.69) is 10.3 Å². The highest BCUT2D eigenvalue weighted by atomic mass is 32.1. The molecule has 14 heavy (non-hydrogen) atoms. The first-order valence-corrected chi connectivity index (χ1v) is 5.45. The highest BCUT2D eigenvalue weighted by Gasteiger charge is 2.12. The van der Waals surface area contributed by atoms with Gasteiger partial charge in [0.05, 0.1) is 17.8 Å². The van der Waals surface area contributed by atoms with E-state index in [0.29, 0.717) is 13.2 Å². The predicted molar refractivity (Wildman–Crippen MR) is 55.0 cm³/mol. The van der Waals surface area contributed by atoms with E-state index in [1.54, 1.807) is 30.7 Å². The lowest BCUT2D eigenvalue weighted by molar-refractivity contribution is -0.145. The molecule has 0 aliphatic heterocycles. The Labute approximate surface area is 87.3 Å². The smallest absolute Gasteiger partial charge is 0.322 e. The first-order chi connectivity index (χ1) is 6.74. The number of aromatic nitrogens is 1. The summed E-state index contributed by atoms with van der Waals surface area (Å²) in [6.07, 6.45) is 0. The van der Waals surface area contributed by atoms with Gasteiger partial charge in [-0.05, 0) is 13.8 Å². The van der Waals surface area contributed by atoms with Crippen molar-refractivity contribution in [2.45, 2.75) is 26.4 Å². The molecule has 1 atom stereocenters. The van der Waals surface area contributed by atoms with Crippen LogP contribution in [0.1, 0.15) is 19.5 Å². The van der Waals surface area contributed by atoms with Crippen LogP contribution in [-0.2, 0) is 16.1 Å². The van der Waals surface area contributed by atoms with E-state index in [1.165, 1.54) is 0 Å². The standard InChI is InChI=1S/C9H14N2O2S/c1-3-13-9(12)7(2)10-4-8-5-14-6-11-8/h5-7,10H,3-4H2,1-2H3. The van der Waals surface area contributed by atoms with Gasteiger partial charge in [-0.15, -0.1) is 11.3 Å². The van der Waals surface area contributed by atoms with Crippen LogP contribution < -0.4 is 5.32 Å². The maximum atomic E-state index is 11.2. The van der Waals surface area contributed by atoms with Crippen molar-refractivity contribution >= 4 is 17.3 Å². The topological polar surface area (TPSA) is 51.2 Å². The molecule has 1 heterocycles. The molecule has 1 aromatic heterocycles. The minimum atomic E-state index is -0.281. The molecule has 0 saturated carbocycles. The van der Waals surface area contributed by atoms with Crippen molar-refractivity contribution in [3.8, 4) is 0 Å². The van der Waals surface area contributed by atoms with E-state index in [0.717, 1.165) is 5.69 Å². The van der Waals surface area contributed by atoms with Gasteiger partial charge >= 0.3 is 5.97 Å². The normalized spacial score (nSPS) is 12.4. The van der Waals surface area contributed by atoms with Crippen LogP contribution in [0.2, 0.25) is 0 Å². The van der Waals surface area contributed by atoms with Gasteiger partial charge in [0.2, 0.25) is 0 Å². The Morgan fingerprint density at radius 2 is 2.57 bits per heavy atom. The summed E-state index contributed by atoms with van der Waals surface area (Å²) in [5, 5.41) is 4.99. The van der Waals surface area contributed by atoms with Gasteiger partial charge in [0.15, 0.2) is 0 Å². The molecule has 0 amide bonds. The SMILES string of the molecule is CCOC(=O)C(C)NCc1cscn1. The van der Waals surface area contributed by atoms with Gasteiger partial charge in [-0.3, -0.25) is 10.1 Å². The minimum absolute atomic E-state index is 0.220. The number of nitrogens with zero attached hydrogens (tertiary/aromatic N) is 1. The number of ether oxygens (including phenoxy) is 1. The second kappa shape index (κ2) is 5.72. The summed E-state index contributed by atoms with van der Waals surface area (Å²) in [4.78, 5) is 15.3. The minimum Gasteiger partial charge on any atom is -0.465 e. The average molecular weight is 214 g/mol. The molecule has 78 valence electrons. The second-order valence-electron chi connectivity index (χ2n) is 2.83. The summed E-state index contributed by atoms with van der Waals surface area (Å²) >= 11 is 1.54. The maximum Gasteiger partial charge on any atom is 0.322 e. The molecule has 4 nitrogen and oxygen atoms in total. The van der Waals surface area contributed by atoms with Crippen molar-refractivity contribution in [3.05, 3.63) is 16.6 Å². The van der Waals surface area contributed by atoms with Crippen molar-refractivity contribution in [2.24, 2.45) is 0 Å². The molecule has 5 heteroatoms. The molecule has 0 aliphatic carbocycles. The van der Waals surface area contributed by atoms with Gasteiger partial charge in [0.1, 0.15) is 6.04 Å². The van der Waals surface area contributed by atoms with Crippen molar-refractivity contribution in [1.82, 2.24) is 10.3 Å². The first-order valence-electron chi connectivity index (χ1n) is 4.51. The number of esters is 1. The van der Waals surface area contributed by atoms with Crippen molar-refractivity contribution < 1.29 is 9.53 Å². The van der Waals surface area contributed by atoms with Crippen molar-refractivity contribution in [1.29, 1.82) is 0 Å². The lowest BCUT2D eigenvalue weighted by atomic mass is 10.3. The highest BCUT2D eigenvalue weighted by molar-refractivity contribution is 7.07. The largest absolute Gasteiger partial charge is 0.465 e. The molecule has 1 aromatic rings. The molecule has 0 saturated heterocycles. The number of hydrogen-bond donors (Lipinski definition) is 1. The van der Waals surface area contributed by atoms with Gasteiger partial charge < -0.3 is 4.74 Å². The van der Waals surface area contributed by atoms with Crippen LogP contribution in [0.4, 0.5) is 0 Å². The third-order valence-corrected chi connectivity index (χ3v) is 2.35. The molecule has 0 aliphatic rings. The van der Waals surface area contributed by atoms with Crippen LogP contribution in [0.15, 0.2) is 10.9 Å². The molecule has 1 unspecified atom stereocenters. The molecule has 0 aromatic carbocycles. The summed E-state index contributed by atoms with van der Waals surface area (Å²) in [7, 11) is 0. The van der Waals surface area contributed by atoms with E-state index < -0.39 is 0 Å². The number of carbonyl (C=O) groups is 1. The molecule has 1 rings (SSSR count). The van der Waals surface area contributed by atoms with Gasteiger partial charge in [-0.2, -0.15) is 0 Å². The Bertz CT molecular complexity index is 274. The zero-order valence-corrected chi connectivity index (χ0v) is 9.13. The number of rotatable bonds is 5. The first kappa shape index (κ1) is 11.1. The van der Waals surface area contributed by atoms with Gasteiger partial charge in [-0.25, -0.2) is 4.98 Å². The fourth-order valence-corrected chi connectivity index (χ4v) is 1.49. The summed E-state index contributed by atoms with van der Waals surface area (Å²) < 4.78 is 4.85. The molecule has 0 bridgehead atoms. The van der Waals surface area contributed by atoms with Crippen LogP contribution in [0.25, 0.3) is 0 Å². The number of nitrogens with one attached hydrogen (secondary N) is 1. The van der Waals surface area contributed by atoms with E-state index in [4.69, 9.17) is 4.74 Å². The summed E-state index contributed by atoms with van der Waals surface area (Å²) in [5.74, 6) is -0.220. The maximum absolute atomic E-state index is 11.2. The molecule has 0 fully saturated rings. The summed E-state index contributed by atoms with van der Waals surface area (Å²) in [5.41, 5.74) is 2.72. The second-order valence-corrected chi connectivity index (χ2v) is 3.55. The third-order valence-electron chi connectivity index (χ3n) is 1.71. The molecular formula is C9H14N2O2S. The quantitative estimate of drug-likeness (QED) is 0.748. The lowest BCUT2D eigenvalue weighted by Crippen LogP contribution is -2.34. The van der Waals surface area contributed by atoms with Gasteiger partial charge in [-0.1, -0.05) is 0 Å². The molecule has 0 spiro atoms. The third kappa shape index (κ3) is 3.43. The highest BCUT2D eigenvalue weighted by Crippen LogP contribution is 2.00. The Hall–Kier alpha value is -0.940. The summed E-state index contributed by atoms with van der Waals surface area (Å²) in [6, 6.07) is -0.281. The zero-order valence-electron chi connectivity index (χ0n) is 8.32. The molecule has 1 N–H and O–H groups in total. The fourth-order valence-electron chi connectivity index (χ4n) is 0.933. The average Bonchev–Trinajstić information content (AvgIpc) is 2.67. The zero-order chi connectivity index (χ0) is 10.4. The number of carbonyl (C=O) groups excluding carboxylic acids is 1. The number of hydrogen-bond acceptors (Lipinski definition) is 5. The van der Waals surface area contributed by atoms with E-state index in [-0.39, 0.29) is 12.0 Å². The van der Waals surface area contributed by atoms with Crippen LogP contribution in [-0.4, -0.2) is 23.6 Å². The Balaban J connectivity index is 2.27. The molecular weight excluding hydrogens is 200 g/mol. The van der Waals surface area contributed by atoms with Crippen LogP contribution in [0, 0.1) is 0 Å². The molecule has 0 radical (unpaired) electrons. The number of thiazole rings is 1. The predicted octanol–water partition coefficient (Wildman–Crippen LogP) is 1.18. The van der Waals surface area contributed by atoms with Gasteiger partial charge in [0, 0.05) is 11.9 Å². The summed E-state index contributed by atoms with van der Waals surface area (Å²) in [6.45, 7) is 4.60. The van der Waals surface area contributed by atoms with Gasteiger partial charge in [0.25, 0.3) is 0 Å². The van der Waals surface area contributed by atoms with E-state index in [9.17, 15) is 4.79 Å². The lowest BCUT2D eigenvalue weighted by Gasteiger charge is -2.10. The van der Waals surface area contributed by atoms with Crippen molar-refractivity contribution in [2.75, 3.05) is 6.61 Å². The van der Waals surface area contributed by atoms with E-state index in [1.807, 2.05) is 5.38 Å².